The van der Waals surface area contributed by atoms with Crippen molar-refractivity contribution in [3.8, 4) is 0 Å². The van der Waals surface area contributed by atoms with E-state index in [1.165, 1.54) is 12.1 Å². The van der Waals surface area contributed by atoms with Gasteiger partial charge in [-0.3, -0.25) is 14.9 Å². The molecule has 0 bridgehead atoms. The molecule has 0 saturated carbocycles. The van der Waals surface area contributed by atoms with Crippen LogP contribution in [0.3, 0.4) is 0 Å². The number of aldehydes is 1. The highest BCUT2D eigenvalue weighted by Crippen LogP contribution is 2.25. The predicted octanol–water partition coefficient (Wildman–Crippen LogP) is 4.06. The number of hydrogen-bond donors (Lipinski definition) is 0. The molecular formula is C16H11ClN2O3. The first-order valence-corrected chi connectivity index (χ1v) is 6.93. The molecule has 5 nitrogen and oxygen atoms in total. The second-order valence-electron chi connectivity index (χ2n) is 4.92. The first-order valence-electron chi connectivity index (χ1n) is 6.55. The number of carbonyl (C=O) groups is 1. The molecule has 22 heavy (non-hydrogen) atoms. The number of fused-ring (bicyclic) bond motifs is 1. The Morgan fingerprint density at radius 1 is 1.18 bits per heavy atom. The Hall–Kier alpha value is -2.66. The molecule has 0 aliphatic rings. The smallest absolute Gasteiger partial charge is 0.269 e. The zero-order chi connectivity index (χ0) is 15.7. The average Bonchev–Trinajstić information content (AvgIpc) is 2.85. The van der Waals surface area contributed by atoms with E-state index in [0.717, 1.165) is 22.8 Å². The van der Waals surface area contributed by atoms with Gasteiger partial charge in [-0.25, -0.2) is 0 Å². The van der Waals surface area contributed by atoms with Gasteiger partial charge in [0.25, 0.3) is 5.69 Å². The largest absolute Gasteiger partial charge is 0.342 e. The summed E-state index contributed by atoms with van der Waals surface area (Å²) in [5, 5.41) is 12.0. The number of non-ortho nitro benzene ring substituents is 1. The fourth-order valence-corrected chi connectivity index (χ4v) is 2.61. The van der Waals surface area contributed by atoms with Crippen LogP contribution in [0.25, 0.3) is 10.9 Å². The highest BCUT2D eigenvalue weighted by molar-refractivity contribution is 6.31. The lowest BCUT2D eigenvalue weighted by atomic mass is 10.2. The number of nitro benzene ring substituents is 1. The van der Waals surface area contributed by atoms with Crippen molar-refractivity contribution in [2.75, 3.05) is 0 Å². The van der Waals surface area contributed by atoms with Crippen LogP contribution in [0, 0.1) is 10.1 Å². The third-order valence-corrected chi connectivity index (χ3v) is 3.74. The molecule has 0 atom stereocenters. The van der Waals surface area contributed by atoms with E-state index in [4.69, 9.17) is 11.6 Å². The number of nitro groups is 1. The molecular weight excluding hydrogens is 304 g/mol. The Balaban J connectivity index is 2.00. The van der Waals surface area contributed by atoms with Crippen LogP contribution in [-0.4, -0.2) is 15.8 Å². The van der Waals surface area contributed by atoms with E-state index in [9.17, 15) is 14.9 Å². The van der Waals surface area contributed by atoms with Crippen molar-refractivity contribution < 1.29 is 9.72 Å². The van der Waals surface area contributed by atoms with Gasteiger partial charge in [0.05, 0.1) is 4.92 Å². The van der Waals surface area contributed by atoms with Crippen molar-refractivity contribution >= 4 is 34.5 Å². The van der Waals surface area contributed by atoms with Crippen molar-refractivity contribution in [3.63, 3.8) is 0 Å². The van der Waals surface area contributed by atoms with Crippen LogP contribution in [0.5, 0.6) is 0 Å². The summed E-state index contributed by atoms with van der Waals surface area (Å²) >= 11 is 5.98. The van der Waals surface area contributed by atoms with Crippen molar-refractivity contribution in [2.24, 2.45) is 0 Å². The third kappa shape index (κ3) is 2.58. The van der Waals surface area contributed by atoms with E-state index >= 15 is 0 Å². The van der Waals surface area contributed by atoms with Gasteiger partial charge in [-0.1, -0.05) is 23.7 Å². The molecule has 110 valence electrons. The Morgan fingerprint density at radius 3 is 2.55 bits per heavy atom. The maximum absolute atomic E-state index is 11.2. The van der Waals surface area contributed by atoms with E-state index in [-0.39, 0.29) is 5.69 Å². The van der Waals surface area contributed by atoms with Crippen molar-refractivity contribution in [3.05, 3.63) is 74.9 Å². The van der Waals surface area contributed by atoms with Gasteiger partial charge in [-0.05, 0) is 23.8 Å². The number of hydrogen-bond acceptors (Lipinski definition) is 3. The normalized spacial score (nSPS) is 10.8. The van der Waals surface area contributed by atoms with Gasteiger partial charge < -0.3 is 4.57 Å². The summed E-state index contributed by atoms with van der Waals surface area (Å²) in [6.45, 7) is 0.518. The molecule has 0 aliphatic carbocycles. The molecule has 1 heterocycles. The minimum Gasteiger partial charge on any atom is -0.342 e. The lowest BCUT2D eigenvalue weighted by Crippen LogP contribution is -1.98. The predicted molar refractivity (Wildman–Crippen MR) is 84.5 cm³/mol. The fraction of sp³-hybridized carbons (Fsp3) is 0.0625. The number of rotatable bonds is 4. The van der Waals surface area contributed by atoms with E-state index in [1.54, 1.807) is 30.5 Å². The minimum atomic E-state index is -0.429. The first-order chi connectivity index (χ1) is 10.6. The number of halogens is 1. The fourth-order valence-electron chi connectivity index (χ4n) is 2.44. The zero-order valence-corrected chi connectivity index (χ0v) is 12.2. The Bertz CT molecular complexity index is 869. The van der Waals surface area contributed by atoms with Crippen LogP contribution >= 0.6 is 11.6 Å². The molecule has 2 aromatic carbocycles. The van der Waals surface area contributed by atoms with Crippen LogP contribution in [0.4, 0.5) is 5.69 Å². The molecule has 6 heteroatoms. The number of carbonyl (C=O) groups excluding carboxylic acids is 1. The minimum absolute atomic E-state index is 0.0569. The maximum atomic E-state index is 11.2. The highest BCUT2D eigenvalue weighted by Gasteiger charge is 2.10. The molecule has 0 radical (unpaired) electrons. The van der Waals surface area contributed by atoms with Gasteiger partial charge in [-0.2, -0.15) is 0 Å². The SMILES string of the molecule is O=Cc1cn(Cc2ccc([N+](=O)[O-])cc2)c2ccc(Cl)cc12. The summed E-state index contributed by atoms with van der Waals surface area (Å²) in [4.78, 5) is 21.4. The van der Waals surface area contributed by atoms with Gasteiger partial charge in [-0.15, -0.1) is 0 Å². The zero-order valence-electron chi connectivity index (χ0n) is 11.4. The maximum Gasteiger partial charge on any atom is 0.269 e. The molecule has 0 amide bonds. The molecule has 0 saturated heterocycles. The second-order valence-corrected chi connectivity index (χ2v) is 5.35. The van der Waals surface area contributed by atoms with Crippen LogP contribution in [0.15, 0.2) is 48.7 Å². The highest BCUT2D eigenvalue weighted by atomic mass is 35.5. The third-order valence-electron chi connectivity index (χ3n) is 3.50. The molecule has 0 fully saturated rings. The molecule has 3 rings (SSSR count). The topological polar surface area (TPSA) is 65.1 Å². The Kier molecular flexibility index (Phi) is 3.65. The van der Waals surface area contributed by atoms with Crippen LogP contribution < -0.4 is 0 Å². The summed E-state index contributed by atoms with van der Waals surface area (Å²) in [5.74, 6) is 0. The number of aromatic nitrogens is 1. The van der Waals surface area contributed by atoms with Crippen LogP contribution in [-0.2, 0) is 6.54 Å². The van der Waals surface area contributed by atoms with Gasteiger partial charge in [0.2, 0.25) is 0 Å². The van der Waals surface area contributed by atoms with Crippen molar-refractivity contribution in [1.29, 1.82) is 0 Å². The van der Waals surface area contributed by atoms with E-state index < -0.39 is 4.92 Å². The van der Waals surface area contributed by atoms with Crippen molar-refractivity contribution in [2.45, 2.75) is 6.54 Å². The Morgan fingerprint density at radius 2 is 1.91 bits per heavy atom. The molecule has 0 unspecified atom stereocenters. The standard InChI is InChI=1S/C16H11ClN2O3/c17-13-3-6-16-15(7-13)12(10-20)9-18(16)8-11-1-4-14(5-2-11)19(21)22/h1-7,9-10H,8H2. The lowest BCUT2D eigenvalue weighted by Gasteiger charge is -2.05. The van der Waals surface area contributed by atoms with E-state index in [0.29, 0.717) is 17.1 Å². The quantitative estimate of drug-likeness (QED) is 0.414. The second kappa shape index (κ2) is 5.61. The monoisotopic (exact) mass is 314 g/mol. The summed E-state index contributed by atoms with van der Waals surface area (Å²) in [6, 6.07) is 11.7. The van der Waals surface area contributed by atoms with Gasteiger partial charge in [0, 0.05) is 46.4 Å². The average molecular weight is 315 g/mol. The van der Waals surface area contributed by atoms with Crippen LogP contribution in [0.2, 0.25) is 5.02 Å². The summed E-state index contributed by atoms with van der Waals surface area (Å²) < 4.78 is 1.93. The molecule has 1 aromatic heterocycles. The van der Waals surface area contributed by atoms with E-state index in [2.05, 4.69) is 0 Å². The molecule has 0 N–H and O–H groups in total. The van der Waals surface area contributed by atoms with E-state index in [1.807, 2.05) is 10.6 Å². The van der Waals surface area contributed by atoms with Crippen molar-refractivity contribution in [1.82, 2.24) is 4.57 Å². The summed E-state index contributed by atoms with van der Waals surface area (Å²) in [5.41, 5.74) is 2.43. The summed E-state index contributed by atoms with van der Waals surface area (Å²) in [7, 11) is 0. The molecule has 0 spiro atoms. The summed E-state index contributed by atoms with van der Waals surface area (Å²) in [6.07, 6.45) is 2.56. The number of benzene rings is 2. The Labute approximate surface area is 130 Å². The molecule has 3 aromatic rings. The number of nitrogens with zero attached hydrogens (tertiary/aromatic N) is 2. The van der Waals surface area contributed by atoms with Gasteiger partial charge >= 0.3 is 0 Å². The lowest BCUT2D eigenvalue weighted by molar-refractivity contribution is -0.384. The van der Waals surface area contributed by atoms with Gasteiger partial charge in [0.1, 0.15) is 0 Å². The first kappa shape index (κ1) is 14.3. The van der Waals surface area contributed by atoms with Crippen LogP contribution in [0.1, 0.15) is 15.9 Å². The molecule has 0 aliphatic heterocycles. The van der Waals surface area contributed by atoms with Gasteiger partial charge in [0.15, 0.2) is 6.29 Å².